The molecular formula is C9H9Cl2NO. The Hall–Kier alpha value is -0.730. The molecular weight excluding hydrogens is 209 g/mol. The molecule has 0 aromatic heterocycles. The summed E-state index contributed by atoms with van der Waals surface area (Å²) in [6, 6.07) is 3.06. The molecule has 0 heterocycles. The smallest absolute Gasteiger partial charge is 0.164 e. The molecule has 0 aliphatic rings. The van der Waals surface area contributed by atoms with Crippen LogP contribution in [0.3, 0.4) is 0 Å². The summed E-state index contributed by atoms with van der Waals surface area (Å²) in [5.74, 6) is -0.0538. The molecule has 1 aromatic rings. The highest BCUT2D eigenvalue weighted by atomic mass is 35.5. The fourth-order valence-corrected chi connectivity index (χ4v) is 1.50. The maximum absolute atomic E-state index is 11.3. The third kappa shape index (κ3) is 2.14. The van der Waals surface area contributed by atoms with Gasteiger partial charge in [0.1, 0.15) is 0 Å². The van der Waals surface area contributed by atoms with Crippen LogP contribution >= 0.6 is 23.2 Å². The average molecular weight is 218 g/mol. The lowest BCUT2D eigenvalue weighted by molar-refractivity contribution is 0.0989. The van der Waals surface area contributed by atoms with E-state index in [1.54, 1.807) is 6.92 Å². The summed E-state index contributed by atoms with van der Waals surface area (Å²) in [5.41, 5.74) is 6.32. The van der Waals surface area contributed by atoms with Crippen molar-refractivity contribution < 1.29 is 4.79 Å². The van der Waals surface area contributed by atoms with Crippen molar-refractivity contribution in [3.05, 3.63) is 27.7 Å². The molecule has 2 N–H and O–H groups in total. The predicted molar refractivity (Wildman–Crippen MR) is 55.5 cm³/mol. The van der Waals surface area contributed by atoms with E-state index in [1.807, 2.05) is 0 Å². The molecule has 0 aliphatic heterocycles. The van der Waals surface area contributed by atoms with E-state index in [0.29, 0.717) is 27.7 Å². The monoisotopic (exact) mass is 217 g/mol. The summed E-state index contributed by atoms with van der Waals surface area (Å²) in [7, 11) is 0. The first-order chi connectivity index (χ1) is 6.06. The summed E-state index contributed by atoms with van der Waals surface area (Å²) < 4.78 is 0. The van der Waals surface area contributed by atoms with Crippen LogP contribution in [0, 0.1) is 0 Å². The van der Waals surface area contributed by atoms with Crippen LogP contribution in [0.4, 0.5) is 5.69 Å². The highest BCUT2D eigenvalue weighted by Crippen LogP contribution is 2.28. The molecule has 0 radical (unpaired) electrons. The fourth-order valence-electron chi connectivity index (χ4n) is 1.01. The Morgan fingerprint density at radius 3 is 2.62 bits per heavy atom. The predicted octanol–water partition coefficient (Wildman–Crippen LogP) is 3.17. The fraction of sp³-hybridized carbons (Fsp3) is 0.222. The Morgan fingerprint density at radius 2 is 2.08 bits per heavy atom. The lowest BCUT2D eigenvalue weighted by Crippen LogP contribution is -2.02. The molecule has 0 spiro atoms. The van der Waals surface area contributed by atoms with Crippen LogP contribution < -0.4 is 5.73 Å². The quantitative estimate of drug-likeness (QED) is 0.611. The van der Waals surface area contributed by atoms with Gasteiger partial charge in [0.15, 0.2) is 5.78 Å². The van der Waals surface area contributed by atoms with Gasteiger partial charge in [-0.3, -0.25) is 4.79 Å². The number of ketones is 1. The van der Waals surface area contributed by atoms with Gasteiger partial charge in [0.05, 0.1) is 10.7 Å². The second-order valence-corrected chi connectivity index (χ2v) is 3.47. The zero-order chi connectivity index (χ0) is 10.0. The zero-order valence-electron chi connectivity index (χ0n) is 7.10. The number of nitrogen functional groups attached to an aromatic ring is 1. The van der Waals surface area contributed by atoms with Crippen LogP contribution in [0.5, 0.6) is 0 Å². The number of hydrogen-bond donors (Lipinski definition) is 1. The number of carbonyl (C=O) groups excluding carboxylic acids is 1. The Kier molecular flexibility index (Phi) is 3.17. The molecule has 0 amide bonds. The van der Waals surface area contributed by atoms with Gasteiger partial charge < -0.3 is 5.73 Å². The van der Waals surface area contributed by atoms with Gasteiger partial charge in [-0.25, -0.2) is 0 Å². The Balaban J connectivity index is 3.28. The SMILES string of the molecule is CCC(=O)c1cc(Cl)cc(Cl)c1N. The Labute approximate surface area is 86.6 Å². The first-order valence-corrected chi connectivity index (χ1v) is 4.59. The normalized spacial score (nSPS) is 10.1. The average Bonchev–Trinajstić information content (AvgIpc) is 2.10. The summed E-state index contributed by atoms with van der Waals surface area (Å²) in [6.45, 7) is 1.76. The van der Waals surface area contributed by atoms with Gasteiger partial charge in [-0.2, -0.15) is 0 Å². The first-order valence-electron chi connectivity index (χ1n) is 3.84. The molecule has 0 unspecified atom stereocenters. The molecule has 0 aliphatic carbocycles. The van der Waals surface area contributed by atoms with Crippen molar-refractivity contribution in [2.24, 2.45) is 0 Å². The van der Waals surface area contributed by atoms with E-state index in [4.69, 9.17) is 28.9 Å². The van der Waals surface area contributed by atoms with Crippen molar-refractivity contribution in [2.75, 3.05) is 5.73 Å². The van der Waals surface area contributed by atoms with Gasteiger partial charge >= 0.3 is 0 Å². The van der Waals surface area contributed by atoms with Gasteiger partial charge in [0, 0.05) is 17.0 Å². The van der Waals surface area contributed by atoms with Crippen molar-refractivity contribution in [1.82, 2.24) is 0 Å². The lowest BCUT2D eigenvalue weighted by Gasteiger charge is -2.05. The first kappa shape index (κ1) is 10.4. The molecule has 1 aromatic carbocycles. The maximum atomic E-state index is 11.3. The van der Waals surface area contributed by atoms with Crippen molar-refractivity contribution in [3.63, 3.8) is 0 Å². The molecule has 0 saturated carbocycles. The van der Waals surface area contributed by atoms with Crippen LogP contribution in [0.2, 0.25) is 10.0 Å². The molecule has 0 bridgehead atoms. The zero-order valence-corrected chi connectivity index (χ0v) is 8.62. The van der Waals surface area contributed by atoms with Crippen LogP contribution in [0.25, 0.3) is 0 Å². The lowest BCUT2D eigenvalue weighted by atomic mass is 10.1. The maximum Gasteiger partial charge on any atom is 0.164 e. The number of hydrogen-bond acceptors (Lipinski definition) is 2. The standard InChI is InChI=1S/C9H9Cl2NO/c1-2-8(13)6-3-5(10)4-7(11)9(6)12/h3-4H,2,12H2,1H3. The van der Waals surface area contributed by atoms with Crippen molar-refractivity contribution >= 4 is 34.7 Å². The van der Waals surface area contributed by atoms with E-state index >= 15 is 0 Å². The molecule has 70 valence electrons. The number of benzene rings is 1. The molecule has 4 heteroatoms. The molecule has 1 rings (SSSR count). The van der Waals surface area contributed by atoms with Crippen LogP contribution in [0.15, 0.2) is 12.1 Å². The largest absolute Gasteiger partial charge is 0.397 e. The number of carbonyl (C=O) groups is 1. The number of nitrogens with two attached hydrogens (primary N) is 1. The van der Waals surface area contributed by atoms with Crippen LogP contribution in [-0.2, 0) is 0 Å². The minimum absolute atomic E-state index is 0.0538. The second-order valence-electron chi connectivity index (χ2n) is 2.63. The molecule has 0 fully saturated rings. The molecule has 0 saturated heterocycles. The van der Waals surface area contributed by atoms with E-state index in [1.165, 1.54) is 12.1 Å². The van der Waals surface area contributed by atoms with Gasteiger partial charge in [-0.15, -0.1) is 0 Å². The van der Waals surface area contributed by atoms with Crippen LogP contribution in [-0.4, -0.2) is 5.78 Å². The van der Waals surface area contributed by atoms with Gasteiger partial charge in [0.2, 0.25) is 0 Å². The summed E-state index contributed by atoms with van der Waals surface area (Å²) in [5, 5.41) is 0.750. The molecule has 2 nitrogen and oxygen atoms in total. The summed E-state index contributed by atoms with van der Waals surface area (Å²) in [6.07, 6.45) is 0.390. The number of Topliss-reactive ketones (excluding diaryl/α,β-unsaturated/α-hetero) is 1. The van der Waals surface area contributed by atoms with Crippen molar-refractivity contribution in [3.8, 4) is 0 Å². The van der Waals surface area contributed by atoms with E-state index in [0.717, 1.165) is 0 Å². The van der Waals surface area contributed by atoms with E-state index in [2.05, 4.69) is 0 Å². The van der Waals surface area contributed by atoms with Crippen molar-refractivity contribution in [2.45, 2.75) is 13.3 Å². The Bertz CT molecular complexity index is 350. The minimum atomic E-state index is -0.0538. The molecule has 13 heavy (non-hydrogen) atoms. The highest BCUT2D eigenvalue weighted by molar-refractivity contribution is 6.37. The van der Waals surface area contributed by atoms with Gasteiger partial charge in [-0.05, 0) is 12.1 Å². The third-order valence-corrected chi connectivity index (χ3v) is 2.25. The number of halogens is 2. The van der Waals surface area contributed by atoms with Crippen molar-refractivity contribution in [1.29, 1.82) is 0 Å². The minimum Gasteiger partial charge on any atom is -0.397 e. The number of anilines is 1. The topological polar surface area (TPSA) is 43.1 Å². The van der Waals surface area contributed by atoms with E-state index in [9.17, 15) is 4.79 Å². The summed E-state index contributed by atoms with van der Waals surface area (Å²) >= 11 is 11.5. The summed E-state index contributed by atoms with van der Waals surface area (Å²) in [4.78, 5) is 11.3. The second kappa shape index (κ2) is 3.99. The Morgan fingerprint density at radius 1 is 1.46 bits per heavy atom. The third-order valence-electron chi connectivity index (χ3n) is 1.72. The highest BCUT2D eigenvalue weighted by Gasteiger charge is 2.11. The van der Waals surface area contributed by atoms with Crippen LogP contribution in [0.1, 0.15) is 23.7 Å². The number of rotatable bonds is 2. The van der Waals surface area contributed by atoms with E-state index < -0.39 is 0 Å². The van der Waals surface area contributed by atoms with Gasteiger partial charge in [-0.1, -0.05) is 30.1 Å². The molecule has 0 atom stereocenters. The van der Waals surface area contributed by atoms with E-state index in [-0.39, 0.29) is 5.78 Å². The van der Waals surface area contributed by atoms with Gasteiger partial charge in [0.25, 0.3) is 0 Å².